The predicted molar refractivity (Wildman–Crippen MR) is 107 cm³/mol. The lowest BCUT2D eigenvalue weighted by molar-refractivity contribution is -0.126. The van der Waals surface area contributed by atoms with Gasteiger partial charge in [-0.25, -0.2) is 8.42 Å². The molecule has 7 heteroatoms. The maximum Gasteiger partial charge on any atom is 0.243 e. The Morgan fingerprint density at radius 1 is 1.11 bits per heavy atom. The molecule has 2 aliphatic rings. The molecule has 0 bridgehead atoms. The molecule has 2 aliphatic heterocycles. The number of sulfonamides is 1. The van der Waals surface area contributed by atoms with E-state index in [9.17, 15) is 13.2 Å². The van der Waals surface area contributed by atoms with Crippen molar-refractivity contribution in [3.05, 3.63) is 65.2 Å². The predicted octanol–water partition coefficient (Wildman–Crippen LogP) is 2.01. The van der Waals surface area contributed by atoms with Gasteiger partial charge >= 0.3 is 0 Å². The van der Waals surface area contributed by atoms with Gasteiger partial charge in [0.1, 0.15) is 0 Å². The zero-order chi connectivity index (χ0) is 19.6. The fourth-order valence-electron chi connectivity index (χ4n) is 3.91. The zero-order valence-electron chi connectivity index (χ0n) is 15.7. The molecule has 0 spiro atoms. The number of nitrogens with one attached hydrogen (secondary N) is 2. The molecule has 0 radical (unpaired) electrons. The Labute approximate surface area is 166 Å². The fraction of sp³-hybridized carbons (Fsp3) is 0.381. The average Bonchev–Trinajstić information content (AvgIpc) is 3.20. The highest BCUT2D eigenvalue weighted by atomic mass is 32.2. The van der Waals surface area contributed by atoms with E-state index in [-0.39, 0.29) is 23.3 Å². The average molecular weight is 400 g/mol. The molecule has 148 valence electrons. The van der Waals surface area contributed by atoms with Crippen molar-refractivity contribution in [2.75, 3.05) is 13.1 Å². The van der Waals surface area contributed by atoms with Crippen LogP contribution in [0.1, 0.15) is 29.5 Å². The summed E-state index contributed by atoms with van der Waals surface area (Å²) < 4.78 is 27.1. The van der Waals surface area contributed by atoms with Gasteiger partial charge in [-0.1, -0.05) is 36.4 Å². The Balaban J connectivity index is 1.38. The van der Waals surface area contributed by atoms with Gasteiger partial charge in [0, 0.05) is 32.7 Å². The molecule has 0 saturated carbocycles. The van der Waals surface area contributed by atoms with Crippen LogP contribution in [0.4, 0.5) is 0 Å². The van der Waals surface area contributed by atoms with Crippen LogP contribution in [0.25, 0.3) is 0 Å². The molecule has 1 fully saturated rings. The van der Waals surface area contributed by atoms with Crippen molar-refractivity contribution >= 4 is 15.9 Å². The second kappa shape index (κ2) is 8.03. The summed E-state index contributed by atoms with van der Waals surface area (Å²) in [7, 11) is -3.56. The molecule has 1 saturated heterocycles. The first-order valence-corrected chi connectivity index (χ1v) is 11.1. The number of piperidine rings is 1. The smallest absolute Gasteiger partial charge is 0.243 e. The van der Waals surface area contributed by atoms with Crippen molar-refractivity contribution in [1.29, 1.82) is 0 Å². The molecule has 1 atom stereocenters. The monoisotopic (exact) mass is 399 g/mol. The normalized spacial score (nSPS) is 19.9. The molecule has 2 N–H and O–H groups in total. The Bertz CT molecular complexity index is 960. The van der Waals surface area contributed by atoms with Crippen LogP contribution in [0.5, 0.6) is 0 Å². The van der Waals surface area contributed by atoms with E-state index in [0.717, 1.165) is 18.7 Å². The first kappa shape index (κ1) is 19.1. The third kappa shape index (κ3) is 3.97. The van der Waals surface area contributed by atoms with Crippen LogP contribution in [-0.2, 0) is 34.5 Å². The molecule has 6 nitrogen and oxygen atoms in total. The summed E-state index contributed by atoms with van der Waals surface area (Å²) in [5, 5.41) is 6.30. The van der Waals surface area contributed by atoms with Crippen molar-refractivity contribution in [1.82, 2.24) is 14.9 Å². The molecule has 4 rings (SSSR count). The third-order valence-electron chi connectivity index (χ3n) is 5.50. The van der Waals surface area contributed by atoms with E-state index in [0.29, 0.717) is 25.9 Å². The highest BCUT2D eigenvalue weighted by Gasteiger charge is 2.33. The van der Waals surface area contributed by atoms with Gasteiger partial charge in [0.25, 0.3) is 0 Å². The summed E-state index contributed by atoms with van der Waals surface area (Å²) in [5.41, 5.74) is 3.66. The van der Waals surface area contributed by atoms with Crippen LogP contribution in [-0.4, -0.2) is 31.7 Å². The number of amides is 1. The molecular weight excluding hydrogens is 374 g/mol. The van der Waals surface area contributed by atoms with Gasteiger partial charge in [0.15, 0.2) is 0 Å². The van der Waals surface area contributed by atoms with Gasteiger partial charge in [0.05, 0.1) is 10.8 Å². The summed E-state index contributed by atoms with van der Waals surface area (Å²) in [6, 6.07) is 14.7. The van der Waals surface area contributed by atoms with Crippen LogP contribution < -0.4 is 10.6 Å². The highest BCUT2D eigenvalue weighted by Crippen LogP contribution is 2.24. The Hall–Kier alpha value is -2.22. The summed E-state index contributed by atoms with van der Waals surface area (Å²) in [5.74, 6) is -0.394. The minimum Gasteiger partial charge on any atom is -0.352 e. The van der Waals surface area contributed by atoms with E-state index in [4.69, 9.17) is 0 Å². The molecule has 2 aromatic rings. The van der Waals surface area contributed by atoms with Crippen molar-refractivity contribution in [3.8, 4) is 0 Å². The number of hydrogen-bond acceptors (Lipinski definition) is 4. The van der Waals surface area contributed by atoms with E-state index in [2.05, 4.69) is 22.8 Å². The first-order chi connectivity index (χ1) is 13.5. The Morgan fingerprint density at radius 2 is 1.89 bits per heavy atom. The molecule has 1 amide bonds. The SMILES string of the molecule is O=C(NCc1ccc2c(c1)CNC2)C1CCCN(S(=O)(=O)c2ccccc2)C1. The number of fused-ring (bicyclic) bond motifs is 1. The lowest BCUT2D eigenvalue weighted by atomic mass is 9.98. The molecule has 0 aliphatic carbocycles. The molecular formula is C21H25N3O3S. The van der Waals surface area contributed by atoms with Crippen LogP contribution in [0.2, 0.25) is 0 Å². The third-order valence-corrected chi connectivity index (χ3v) is 7.38. The maximum absolute atomic E-state index is 12.8. The van der Waals surface area contributed by atoms with Gasteiger partial charge in [-0.15, -0.1) is 0 Å². The van der Waals surface area contributed by atoms with Crippen molar-refractivity contribution in [2.45, 2.75) is 37.4 Å². The van der Waals surface area contributed by atoms with Crippen molar-refractivity contribution < 1.29 is 13.2 Å². The summed E-state index contributed by atoms with van der Waals surface area (Å²) >= 11 is 0. The largest absolute Gasteiger partial charge is 0.352 e. The van der Waals surface area contributed by atoms with Gasteiger partial charge < -0.3 is 10.6 Å². The lowest BCUT2D eigenvalue weighted by Gasteiger charge is -2.31. The first-order valence-electron chi connectivity index (χ1n) is 9.68. The number of hydrogen-bond donors (Lipinski definition) is 2. The second-order valence-electron chi connectivity index (χ2n) is 7.44. The van der Waals surface area contributed by atoms with E-state index >= 15 is 0 Å². The fourth-order valence-corrected chi connectivity index (χ4v) is 5.45. The topological polar surface area (TPSA) is 78.5 Å². The summed E-state index contributed by atoms with van der Waals surface area (Å²) in [6.45, 7) is 2.92. The standard InChI is InChI=1S/C21H25N3O3S/c25-21(23-12-16-8-9-17-13-22-14-19(17)11-16)18-5-4-10-24(15-18)28(26,27)20-6-2-1-3-7-20/h1-3,6-9,11,18,22H,4-5,10,12-15H2,(H,23,25). The zero-order valence-corrected chi connectivity index (χ0v) is 16.5. The molecule has 1 unspecified atom stereocenters. The molecule has 28 heavy (non-hydrogen) atoms. The van der Waals surface area contributed by atoms with Gasteiger partial charge in [-0.05, 0) is 41.7 Å². The van der Waals surface area contributed by atoms with Crippen molar-refractivity contribution in [3.63, 3.8) is 0 Å². The molecule has 0 aromatic heterocycles. The van der Waals surface area contributed by atoms with Crippen LogP contribution in [0, 0.1) is 5.92 Å². The maximum atomic E-state index is 12.8. The van der Waals surface area contributed by atoms with Crippen molar-refractivity contribution in [2.24, 2.45) is 5.92 Å². The number of benzene rings is 2. The van der Waals surface area contributed by atoms with Crippen LogP contribution >= 0.6 is 0 Å². The van der Waals surface area contributed by atoms with Gasteiger partial charge in [-0.3, -0.25) is 4.79 Å². The summed E-state index contributed by atoms with van der Waals surface area (Å²) in [6.07, 6.45) is 1.40. The lowest BCUT2D eigenvalue weighted by Crippen LogP contribution is -2.45. The molecule has 2 heterocycles. The minimum atomic E-state index is -3.56. The summed E-state index contributed by atoms with van der Waals surface area (Å²) in [4.78, 5) is 12.9. The minimum absolute atomic E-state index is 0.0772. The van der Waals surface area contributed by atoms with Gasteiger partial charge in [-0.2, -0.15) is 4.31 Å². The second-order valence-corrected chi connectivity index (χ2v) is 9.38. The van der Waals surface area contributed by atoms with Crippen LogP contribution in [0.15, 0.2) is 53.4 Å². The number of rotatable bonds is 5. The van der Waals surface area contributed by atoms with Gasteiger partial charge in [0.2, 0.25) is 15.9 Å². The van der Waals surface area contributed by atoms with E-state index < -0.39 is 10.0 Å². The van der Waals surface area contributed by atoms with E-state index in [1.807, 2.05) is 6.07 Å². The number of carbonyl (C=O) groups excluding carboxylic acids is 1. The van der Waals surface area contributed by atoms with E-state index in [1.54, 1.807) is 30.3 Å². The number of nitrogens with zero attached hydrogens (tertiary/aromatic N) is 1. The quantitative estimate of drug-likeness (QED) is 0.806. The van der Waals surface area contributed by atoms with Crippen LogP contribution in [0.3, 0.4) is 0 Å². The Morgan fingerprint density at radius 3 is 2.71 bits per heavy atom. The van der Waals surface area contributed by atoms with E-state index in [1.165, 1.54) is 15.4 Å². The Kier molecular flexibility index (Phi) is 5.48. The highest BCUT2D eigenvalue weighted by molar-refractivity contribution is 7.89. The molecule has 2 aromatic carbocycles. The number of carbonyl (C=O) groups is 1.